The molecule has 48 heavy (non-hydrogen) atoms. The first-order valence-electron chi connectivity index (χ1n) is 17.2. The van der Waals surface area contributed by atoms with E-state index in [2.05, 4.69) is 37.3 Å². The van der Waals surface area contributed by atoms with Crippen molar-refractivity contribution in [2.45, 2.75) is 89.9 Å². The predicted octanol–water partition coefficient (Wildman–Crippen LogP) is 6.62. The van der Waals surface area contributed by atoms with E-state index in [0.717, 1.165) is 107 Å². The summed E-state index contributed by atoms with van der Waals surface area (Å²) in [5.74, 6) is 1.73. The molecule has 1 N–H and O–H groups in total. The second-order valence-corrected chi connectivity index (χ2v) is 15.1. The fraction of sp³-hybridized carbons (Fsp3) is 0.444. The molecule has 11 rings (SSSR count). The first kappa shape index (κ1) is 28.6. The number of nitrogens with zero attached hydrogens (tertiary/aromatic N) is 7. The molecule has 11 nitrogen and oxygen atoms in total. The van der Waals surface area contributed by atoms with Crippen LogP contribution in [0.2, 0.25) is 0 Å². The van der Waals surface area contributed by atoms with Gasteiger partial charge in [0.15, 0.2) is 5.65 Å². The van der Waals surface area contributed by atoms with Crippen LogP contribution in [0.1, 0.15) is 73.8 Å². The molecule has 2 saturated heterocycles. The Morgan fingerprint density at radius 2 is 1.96 bits per heavy atom. The fourth-order valence-corrected chi connectivity index (χ4v) is 9.84. The van der Waals surface area contributed by atoms with Crippen molar-refractivity contribution >= 4 is 38.3 Å². The van der Waals surface area contributed by atoms with E-state index >= 15 is 0 Å². The summed E-state index contributed by atoms with van der Waals surface area (Å²) in [6.07, 6.45) is 13.3. The molecule has 0 radical (unpaired) electrons. The summed E-state index contributed by atoms with van der Waals surface area (Å²) < 4.78 is 17.4. The molecule has 2 bridgehead atoms. The topological polar surface area (TPSA) is 126 Å². The molecule has 3 aliphatic heterocycles. The van der Waals surface area contributed by atoms with Gasteiger partial charge in [-0.05, 0) is 92.4 Å². The Bertz CT molecular complexity index is 2280. The monoisotopic (exact) mass is 660 g/mol. The maximum Gasteiger partial charge on any atom is 0.276 e. The summed E-state index contributed by atoms with van der Waals surface area (Å²) in [7, 11) is 0. The second-order valence-electron chi connectivity index (χ2n) is 14.0. The van der Waals surface area contributed by atoms with Crippen LogP contribution in [0.3, 0.4) is 0 Å². The third-order valence-corrected chi connectivity index (χ3v) is 12.4. The van der Waals surface area contributed by atoms with Crippen molar-refractivity contribution in [2.24, 2.45) is 5.41 Å². The third-order valence-electron chi connectivity index (χ3n) is 11.2. The van der Waals surface area contributed by atoms with E-state index in [4.69, 9.17) is 19.1 Å². The molecule has 6 aromatic rings. The fourth-order valence-electron chi connectivity index (χ4n) is 8.67. The smallest absolute Gasteiger partial charge is 0.276 e. The summed E-state index contributed by atoms with van der Waals surface area (Å²) in [6, 6.07) is 8.54. The van der Waals surface area contributed by atoms with Gasteiger partial charge in [0.2, 0.25) is 11.8 Å². The highest BCUT2D eigenvalue weighted by Gasteiger charge is 2.41. The molecule has 1 saturated carbocycles. The van der Waals surface area contributed by atoms with Crippen molar-refractivity contribution in [1.29, 1.82) is 0 Å². The van der Waals surface area contributed by atoms with Crippen LogP contribution < -0.4 is 10.9 Å². The number of hydrogen-bond acceptors (Lipinski definition) is 10. The van der Waals surface area contributed by atoms with E-state index in [1.165, 1.54) is 18.4 Å². The maximum atomic E-state index is 14.2. The normalized spacial score (nSPS) is 22.9. The number of anilines is 1. The van der Waals surface area contributed by atoms with Crippen LogP contribution in [0.25, 0.3) is 43.0 Å². The highest BCUT2D eigenvalue weighted by atomic mass is 32.1. The van der Waals surface area contributed by atoms with Gasteiger partial charge < -0.3 is 14.5 Å². The molecule has 3 fully saturated rings. The number of pyridine rings is 3. The summed E-state index contributed by atoms with van der Waals surface area (Å²) in [5, 5.41) is 14.2. The van der Waals surface area contributed by atoms with Crippen LogP contribution in [0, 0.1) is 12.3 Å². The zero-order valence-corrected chi connectivity index (χ0v) is 27.7. The van der Waals surface area contributed by atoms with E-state index in [9.17, 15) is 4.79 Å². The molecule has 5 aliphatic rings. The first-order chi connectivity index (χ1) is 23.5. The highest BCUT2D eigenvalue weighted by molar-refractivity contribution is 7.23. The lowest BCUT2D eigenvalue weighted by Gasteiger charge is -2.46. The lowest BCUT2D eigenvalue weighted by molar-refractivity contribution is -0.117. The number of aromatic nitrogens is 7. The SMILES string of the molecule is Cc1nnc(-c2c(CCC34CCC(CC3)OC4)nc3c(c2-c2cc4ccnc(NC5CCc6ncccc65)c4s2)c(=O)n2n3CCC2)o1. The van der Waals surface area contributed by atoms with E-state index in [0.29, 0.717) is 29.8 Å². The quantitative estimate of drug-likeness (QED) is 0.201. The lowest BCUT2D eigenvalue weighted by atomic mass is 9.68. The maximum absolute atomic E-state index is 14.2. The molecule has 9 heterocycles. The lowest BCUT2D eigenvalue weighted by Crippen LogP contribution is -2.42. The number of fused-ring (bicyclic) bond motifs is 8. The van der Waals surface area contributed by atoms with E-state index in [-0.39, 0.29) is 17.0 Å². The van der Waals surface area contributed by atoms with Crippen LogP contribution in [0.4, 0.5) is 5.82 Å². The van der Waals surface area contributed by atoms with Crippen molar-refractivity contribution in [2.75, 3.05) is 11.9 Å². The predicted molar refractivity (Wildman–Crippen MR) is 183 cm³/mol. The minimum absolute atomic E-state index is 0.0179. The Morgan fingerprint density at radius 3 is 2.79 bits per heavy atom. The molecule has 0 amide bonds. The molecule has 6 aromatic heterocycles. The van der Waals surface area contributed by atoms with E-state index in [1.807, 2.05) is 29.2 Å². The van der Waals surface area contributed by atoms with Gasteiger partial charge in [-0.25, -0.2) is 14.6 Å². The summed E-state index contributed by atoms with van der Waals surface area (Å²) in [6.45, 7) is 4.07. The molecule has 12 heteroatoms. The molecular formula is C36H36N8O3S. The van der Waals surface area contributed by atoms with Crippen LogP contribution in [0.5, 0.6) is 0 Å². The molecule has 0 spiro atoms. The van der Waals surface area contributed by atoms with Gasteiger partial charge in [-0.15, -0.1) is 21.5 Å². The Hall–Kier alpha value is -4.42. The summed E-state index contributed by atoms with van der Waals surface area (Å²) in [5.41, 5.74) is 5.78. The highest BCUT2D eigenvalue weighted by Crippen LogP contribution is 2.49. The zero-order valence-electron chi connectivity index (χ0n) is 26.9. The van der Waals surface area contributed by atoms with Crippen LogP contribution in [0.15, 0.2) is 45.9 Å². The van der Waals surface area contributed by atoms with E-state index in [1.54, 1.807) is 18.3 Å². The van der Waals surface area contributed by atoms with Crippen molar-refractivity contribution in [3.8, 4) is 21.9 Å². The second kappa shape index (κ2) is 10.8. The number of rotatable bonds is 7. The molecule has 2 aliphatic carbocycles. The van der Waals surface area contributed by atoms with Crippen LogP contribution in [-0.2, 0) is 30.7 Å². The number of thiophene rings is 1. The first-order valence-corrected chi connectivity index (χ1v) is 18.0. The molecular weight excluding hydrogens is 625 g/mol. The van der Waals surface area contributed by atoms with Gasteiger partial charge in [0, 0.05) is 48.5 Å². The van der Waals surface area contributed by atoms with Gasteiger partial charge in [0.05, 0.1) is 40.1 Å². The van der Waals surface area contributed by atoms with Gasteiger partial charge in [0.1, 0.15) is 5.82 Å². The van der Waals surface area contributed by atoms with Crippen molar-refractivity contribution in [3.05, 3.63) is 69.9 Å². The van der Waals surface area contributed by atoms with Gasteiger partial charge in [-0.1, -0.05) is 6.07 Å². The van der Waals surface area contributed by atoms with Crippen molar-refractivity contribution in [1.82, 2.24) is 34.5 Å². The average Bonchev–Trinajstić information content (AvgIpc) is 3.96. The Labute approximate surface area is 280 Å². The van der Waals surface area contributed by atoms with Crippen molar-refractivity contribution < 1.29 is 9.15 Å². The number of ether oxygens (including phenoxy) is 1. The summed E-state index contributed by atoms with van der Waals surface area (Å²) in [4.78, 5) is 29.9. The number of aryl methyl sites for hydroxylation is 4. The largest absolute Gasteiger partial charge is 0.421 e. The van der Waals surface area contributed by atoms with Crippen LogP contribution in [-0.4, -0.2) is 47.2 Å². The van der Waals surface area contributed by atoms with Crippen molar-refractivity contribution in [3.63, 3.8) is 0 Å². The Kier molecular flexibility index (Phi) is 6.43. The number of hydrogen-bond donors (Lipinski definition) is 1. The average molecular weight is 661 g/mol. The molecule has 1 unspecified atom stereocenters. The molecule has 1 atom stereocenters. The van der Waals surface area contributed by atoms with Crippen LogP contribution >= 0.6 is 11.3 Å². The minimum atomic E-state index is -0.0179. The molecule has 244 valence electrons. The van der Waals surface area contributed by atoms with Gasteiger partial charge in [0.25, 0.3) is 5.56 Å². The third kappa shape index (κ3) is 4.41. The van der Waals surface area contributed by atoms with Gasteiger partial charge in [-0.2, -0.15) is 0 Å². The van der Waals surface area contributed by atoms with E-state index < -0.39 is 0 Å². The summed E-state index contributed by atoms with van der Waals surface area (Å²) >= 11 is 1.65. The Balaban J connectivity index is 1.16. The standard InChI is InChI=1S/C36H36N8O3S/c1-20-41-42-34(47-20)28-26(9-13-36-11-7-22(8-12-36)46-19-36)40-33-30(35(45)44-17-3-16-43(33)44)29(28)27-18-21-10-15-38-32(31(21)48-27)39-25-6-5-24-23(25)4-2-14-37-24/h2,4,10,14-15,18,22,25H,3,5-9,11-13,16-17,19H2,1H3,(H,38,39). The van der Waals surface area contributed by atoms with Gasteiger partial charge >= 0.3 is 0 Å². The minimum Gasteiger partial charge on any atom is -0.421 e. The number of nitrogens with one attached hydrogen (secondary N) is 1. The Morgan fingerprint density at radius 1 is 1.06 bits per heavy atom. The van der Waals surface area contributed by atoms with Gasteiger partial charge in [-0.3, -0.25) is 14.5 Å². The molecule has 0 aromatic carbocycles. The zero-order chi connectivity index (χ0) is 32.0.